The van der Waals surface area contributed by atoms with Crippen molar-refractivity contribution in [1.29, 1.82) is 0 Å². The van der Waals surface area contributed by atoms with Crippen molar-refractivity contribution in [3.63, 3.8) is 0 Å². The number of aromatic nitrogens is 2. The summed E-state index contributed by atoms with van der Waals surface area (Å²) in [5, 5.41) is 15.0. The zero-order chi connectivity index (χ0) is 16.5. The first-order chi connectivity index (χ1) is 10.2. The number of hydrogen-bond acceptors (Lipinski definition) is 3. The van der Waals surface area contributed by atoms with E-state index in [9.17, 15) is 22.8 Å². The van der Waals surface area contributed by atoms with Crippen molar-refractivity contribution in [2.75, 3.05) is 5.32 Å². The van der Waals surface area contributed by atoms with Gasteiger partial charge in [0.2, 0.25) is 0 Å². The fourth-order valence-electron chi connectivity index (χ4n) is 1.75. The number of anilines is 1. The van der Waals surface area contributed by atoms with Crippen molar-refractivity contribution in [3.8, 4) is 0 Å². The molecule has 0 unspecified atom stereocenters. The number of carboxylic acids is 1. The Morgan fingerprint density at radius 1 is 1.23 bits per heavy atom. The van der Waals surface area contributed by atoms with Gasteiger partial charge >= 0.3 is 12.1 Å². The number of aromatic carboxylic acids is 1. The van der Waals surface area contributed by atoms with Crippen LogP contribution in [0.15, 0.2) is 30.5 Å². The fraction of sp³-hybridized carbons (Fsp3) is 0.154. The second kappa shape index (κ2) is 5.51. The molecule has 0 atom stereocenters. The second-order valence-electron chi connectivity index (χ2n) is 4.40. The van der Waals surface area contributed by atoms with E-state index in [1.165, 1.54) is 7.05 Å². The predicted octanol–water partition coefficient (Wildman–Crippen LogP) is 2.39. The van der Waals surface area contributed by atoms with Gasteiger partial charge in [-0.2, -0.15) is 18.3 Å². The lowest BCUT2D eigenvalue weighted by molar-refractivity contribution is -0.137. The number of rotatable bonds is 3. The van der Waals surface area contributed by atoms with Crippen molar-refractivity contribution >= 4 is 17.6 Å². The third kappa shape index (κ3) is 3.25. The Labute approximate surface area is 122 Å². The number of carbonyl (C=O) groups excluding carboxylic acids is 1. The Morgan fingerprint density at radius 3 is 2.32 bits per heavy atom. The number of alkyl halides is 3. The molecule has 0 aliphatic heterocycles. The van der Waals surface area contributed by atoms with E-state index in [0.29, 0.717) is 0 Å². The van der Waals surface area contributed by atoms with Gasteiger partial charge in [0, 0.05) is 18.9 Å². The minimum absolute atomic E-state index is 0.0972. The summed E-state index contributed by atoms with van der Waals surface area (Å²) in [5.74, 6) is -2.15. The smallest absolute Gasteiger partial charge is 0.416 e. The molecule has 0 bridgehead atoms. The fourth-order valence-corrected chi connectivity index (χ4v) is 1.75. The van der Waals surface area contributed by atoms with Crippen LogP contribution >= 0.6 is 0 Å². The van der Waals surface area contributed by atoms with Gasteiger partial charge in [0.25, 0.3) is 5.91 Å². The maximum absolute atomic E-state index is 12.4. The molecule has 6 nitrogen and oxygen atoms in total. The first-order valence-corrected chi connectivity index (χ1v) is 5.94. The van der Waals surface area contributed by atoms with Crippen LogP contribution in [0.1, 0.15) is 26.4 Å². The number of amides is 1. The Hall–Kier alpha value is -2.84. The highest BCUT2D eigenvalue weighted by Crippen LogP contribution is 2.29. The number of nitrogens with zero attached hydrogens (tertiary/aromatic N) is 2. The number of hydrogen-bond donors (Lipinski definition) is 2. The SMILES string of the molecule is Cn1cc(C(=O)O)c(C(=O)Nc2ccc(C(F)(F)F)cc2)n1. The monoisotopic (exact) mass is 313 g/mol. The lowest BCUT2D eigenvalue weighted by Gasteiger charge is -2.08. The molecule has 0 saturated heterocycles. The van der Waals surface area contributed by atoms with Gasteiger partial charge in [-0.3, -0.25) is 9.48 Å². The molecule has 116 valence electrons. The topological polar surface area (TPSA) is 84.2 Å². The molecule has 9 heteroatoms. The number of benzene rings is 1. The normalized spacial score (nSPS) is 11.3. The first kappa shape index (κ1) is 15.5. The summed E-state index contributed by atoms with van der Waals surface area (Å²) in [5.41, 5.74) is -1.38. The zero-order valence-electron chi connectivity index (χ0n) is 11.2. The third-order valence-electron chi connectivity index (χ3n) is 2.74. The second-order valence-corrected chi connectivity index (χ2v) is 4.40. The van der Waals surface area contributed by atoms with Gasteiger partial charge in [0.05, 0.1) is 5.56 Å². The van der Waals surface area contributed by atoms with E-state index in [1.807, 2.05) is 0 Å². The summed E-state index contributed by atoms with van der Waals surface area (Å²) < 4.78 is 38.4. The summed E-state index contributed by atoms with van der Waals surface area (Å²) in [6, 6.07) is 3.77. The van der Waals surface area contributed by atoms with Crippen molar-refractivity contribution in [1.82, 2.24) is 9.78 Å². The van der Waals surface area contributed by atoms with E-state index in [2.05, 4.69) is 10.4 Å². The van der Waals surface area contributed by atoms with Crippen LogP contribution in [0.5, 0.6) is 0 Å². The van der Waals surface area contributed by atoms with E-state index < -0.39 is 23.6 Å². The molecule has 0 fully saturated rings. The molecule has 22 heavy (non-hydrogen) atoms. The maximum Gasteiger partial charge on any atom is 0.416 e. The highest BCUT2D eigenvalue weighted by molar-refractivity contribution is 6.09. The minimum atomic E-state index is -4.47. The van der Waals surface area contributed by atoms with Crippen LogP contribution in [0, 0.1) is 0 Å². The van der Waals surface area contributed by atoms with Crippen molar-refractivity contribution in [3.05, 3.63) is 47.3 Å². The van der Waals surface area contributed by atoms with Gasteiger partial charge in [-0.05, 0) is 24.3 Å². The van der Waals surface area contributed by atoms with E-state index in [-0.39, 0.29) is 16.9 Å². The van der Waals surface area contributed by atoms with Gasteiger partial charge in [-0.25, -0.2) is 4.79 Å². The first-order valence-electron chi connectivity index (χ1n) is 5.94. The average molecular weight is 313 g/mol. The molecule has 1 amide bonds. The summed E-state index contributed by atoms with van der Waals surface area (Å²) in [6.07, 6.45) is -3.32. The molecule has 2 aromatic rings. The molecule has 1 aromatic carbocycles. The Balaban J connectivity index is 2.21. The van der Waals surface area contributed by atoms with Crippen LogP contribution < -0.4 is 5.32 Å². The van der Waals surface area contributed by atoms with Crippen LogP contribution in [0.2, 0.25) is 0 Å². The third-order valence-corrected chi connectivity index (χ3v) is 2.74. The van der Waals surface area contributed by atoms with E-state index >= 15 is 0 Å². The van der Waals surface area contributed by atoms with Gasteiger partial charge in [-0.1, -0.05) is 0 Å². The lowest BCUT2D eigenvalue weighted by Crippen LogP contribution is -2.16. The number of nitrogens with one attached hydrogen (secondary N) is 1. The lowest BCUT2D eigenvalue weighted by atomic mass is 10.2. The standard InChI is InChI=1S/C13H10F3N3O3/c1-19-6-9(12(21)22)10(18-19)11(20)17-8-4-2-7(3-5-8)13(14,15)16/h2-6H,1H3,(H,17,20)(H,21,22). The van der Waals surface area contributed by atoms with Gasteiger partial charge in [0.1, 0.15) is 5.56 Å². The van der Waals surface area contributed by atoms with Crippen LogP contribution in [0.4, 0.5) is 18.9 Å². The number of aryl methyl sites for hydroxylation is 1. The van der Waals surface area contributed by atoms with Crippen LogP contribution in [-0.2, 0) is 13.2 Å². The highest BCUT2D eigenvalue weighted by atomic mass is 19.4. The molecule has 0 aliphatic carbocycles. The van der Waals surface area contributed by atoms with Crippen LogP contribution in [0.25, 0.3) is 0 Å². The van der Waals surface area contributed by atoms with Crippen molar-refractivity contribution < 1.29 is 27.9 Å². The number of carboxylic acid groups (broad SMARTS) is 1. The minimum Gasteiger partial charge on any atom is -0.478 e. The molecule has 2 rings (SSSR count). The number of carbonyl (C=O) groups is 2. The summed E-state index contributed by atoms with van der Waals surface area (Å²) >= 11 is 0. The largest absolute Gasteiger partial charge is 0.478 e. The molecule has 1 aromatic heterocycles. The summed E-state index contributed by atoms with van der Waals surface area (Å²) in [6.45, 7) is 0. The van der Waals surface area contributed by atoms with Crippen LogP contribution in [0.3, 0.4) is 0 Å². The molecular formula is C13H10F3N3O3. The van der Waals surface area contributed by atoms with Crippen molar-refractivity contribution in [2.45, 2.75) is 6.18 Å². The highest BCUT2D eigenvalue weighted by Gasteiger charge is 2.30. The van der Waals surface area contributed by atoms with Gasteiger partial charge in [-0.15, -0.1) is 0 Å². The van der Waals surface area contributed by atoms with Crippen LogP contribution in [-0.4, -0.2) is 26.8 Å². The summed E-state index contributed by atoms with van der Waals surface area (Å²) in [4.78, 5) is 23.0. The predicted molar refractivity (Wildman–Crippen MR) is 69.6 cm³/mol. The number of halogens is 3. The van der Waals surface area contributed by atoms with E-state index in [4.69, 9.17) is 5.11 Å². The molecule has 2 N–H and O–H groups in total. The van der Waals surface area contributed by atoms with E-state index in [0.717, 1.165) is 35.1 Å². The van der Waals surface area contributed by atoms with Crippen molar-refractivity contribution in [2.24, 2.45) is 7.05 Å². The molecule has 0 saturated carbocycles. The summed E-state index contributed by atoms with van der Waals surface area (Å²) in [7, 11) is 1.45. The Morgan fingerprint density at radius 2 is 1.82 bits per heavy atom. The molecule has 0 radical (unpaired) electrons. The molecule has 0 aliphatic rings. The quantitative estimate of drug-likeness (QED) is 0.911. The van der Waals surface area contributed by atoms with E-state index in [1.54, 1.807) is 0 Å². The Bertz CT molecular complexity index is 720. The van der Waals surface area contributed by atoms with Gasteiger partial charge < -0.3 is 10.4 Å². The molecular weight excluding hydrogens is 303 g/mol. The van der Waals surface area contributed by atoms with Gasteiger partial charge in [0.15, 0.2) is 5.69 Å². The zero-order valence-corrected chi connectivity index (χ0v) is 11.2. The average Bonchev–Trinajstić information content (AvgIpc) is 2.81. The maximum atomic E-state index is 12.4. The molecule has 0 spiro atoms. The Kier molecular flexibility index (Phi) is 3.89. The molecule has 1 heterocycles.